The summed E-state index contributed by atoms with van der Waals surface area (Å²) < 4.78 is 5.86. The highest BCUT2D eigenvalue weighted by atomic mass is 16.5. The first-order chi connectivity index (χ1) is 11.7. The molecule has 1 unspecified atom stereocenters. The highest BCUT2D eigenvalue weighted by molar-refractivity contribution is 5.82. The summed E-state index contributed by atoms with van der Waals surface area (Å²) in [4.78, 5) is 13.0. The second-order valence-corrected chi connectivity index (χ2v) is 7.87. The highest BCUT2D eigenvalue weighted by Gasteiger charge is 2.48. The van der Waals surface area contributed by atoms with Crippen LogP contribution in [-0.4, -0.2) is 39.2 Å². The topological polar surface area (TPSA) is 92.8 Å². The van der Waals surface area contributed by atoms with Crippen molar-refractivity contribution in [1.29, 1.82) is 0 Å². The third-order valence-corrected chi connectivity index (χ3v) is 6.47. The largest absolute Gasteiger partial charge is 0.368 e. The number of nitrogens with zero attached hydrogens (tertiary/aromatic N) is 3. The molecular weight excluding hydrogens is 306 g/mol. The molecule has 0 spiro atoms. The summed E-state index contributed by atoms with van der Waals surface area (Å²) in [6, 6.07) is 0. The zero-order valence-electron chi connectivity index (χ0n) is 14.3. The molecule has 4 rings (SSSR count). The van der Waals surface area contributed by atoms with Crippen molar-refractivity contribution in [3.8, 4) is 0 Å². The number of aromatic nitrogens is 4. The van der Waals surface area contributed by atoms with Crippen LogP contribution in [0.25, 0.3) is 0 Å². The number of tetrazole rings is 1. The van der Waals surface area contributed by atoms with Crippen LogP contribution in [0.1, 0.15) is 64.1 Å². The summed E-state index contributed by atoms with van der Waals surface area (Å²) >= 11 is 0. The van der Waals surface area contributed by atoms with E-state index in [1.54, 1.807) is 0 Å². The van der Waals surface area contributed by atoms with Crippen LogP contribution in [0, 0.1) is 17.8 Å². The van der Waals surface area contributed by atoms with E-state index in [0.29, 0.717) is 23.6 Å². The molecule has 2 N–H and O–H groups in total. The van der Waals surface area contributed by atoms with Gasteiger partial charge in [-0.15, -0.1) is 10.2 Å². The number of amides is 1. The Morgan fingerprint density at radius 3 is 2.79 bits per heavy atom. The first-order valence-electron chi connectivity index (χ1n) is 9.36. The summed E-state index contributed by atoms with van der Waals surface area (Å²) in [5, 5.41) is 17.9. The van der Waals surface area contributed by atoms with Gasteiger partial charge in [0.1, 0.15) is 11.6 Å². The van der Waals surface area contributed by atoms with Crippen LogP contribution < -0.4 is 5.32 Å². The van der Waals surface area contributed by atoms with Gasteiger partial charge in [-0.1, -0.05) is 30.9 Å². The summed E-state index contributed by atoms with van der Waals surface area (Å²) in [5.41, 5.74) is -0.579. The normalized spacial score (nSPS) is 33.1. The number of fused-ring (bicyclic) bond motifs is 1. The quantitative estimate of drug-likeness (QED) is 0.878. The second kappa shape index (κ2) is 6.43. The van der Waals surface area contributed by atoms with Crippen LogP contribution in [0.3, 0.4) is 0 Å². The number of ether oxygens (including phenoxy) is 1. The third-order valence-electron chi connectivity index (χ3n) is 6.47. The van der Waals surface area contributed by atoms with Crippen molar-refractivity contribution in [2.24, 2.45) is 17.8 Å². The number of rotatable bonds is 4. The number of hydrogen-bond acceptors (Lipinski definition) is 5. The van der Waals surface area contributed by atoms with Gasteiger partial charge in [-0.25, -0.2) is 0 Å². The Bertz CT molecular complexity index is 572. The zero-order valence-corrected chi connectivity index (χ0v) is 14.3. The molecule has 3 fully saturated rings. The minimum absolute atomic E-state index is 0.00211. The van der Waals surface area contributed by atoms with Crippen molar-refractivity contribution in [2.75, 3.05) is 6.61 Å². The summed E-state index contributed by atoms with van der Waals surface area (Å²) in [6.45, 7) is 2.78. The average Bonchev–Trinajstić information content (AvgIpc) is 3.32. The van der Waals surface area contributed by atoms with Crippen molar-refractivity contribution in [3.05, 3.63) is 5.82 Å². The van der Waals surface area contributed by atoms with E-state index in [9.17, 15) is 4.79 Å². The molecule has 1 amide bonds. The number of H-pyrrole nitrogens is 1. The lowest BCUT2D eigenvalue weighted by atomic mass is 9.75. The van der Waals surface area contributed by atoms with E-state index in [0.717, 1.165) is 25.9 Å². The molecule has 1 aromatic rings. The van der Waals surface area contributed by atoms with Crippen molar-refractivity contribution in [3.63, 3.8) is 0 Å². The number of hydrogen-bond donors (Lipinski definition) is 2. The molecule has 0 radical (unpaired) electrons. The molecule has 1 aromatic heterocycles. The maximum atomic E-state index is 13.0. The van der Waals surface area contributed by atoms with E-state index in [-0.39, 0.29) is 12.0 Å². The Kier molecular flexibility index (Phi) is 4.28. The lowest BCUT2D eigenvalue weighted by Gasteiger charge is -2.39. The lowest BCUT2D eigenvalue weighted by molar-refractivity contribution is -0.135. The minimum atomic E-state index is -0.579. The minimum Gasteiger partial charge on any atom is -0.368 e. The lowest BCUT2D eigenvalue weighted by Crippen LogP contribution is -2.54. The number of carbonyl (C=O) groups is 1. The fraction of sp³-hybridized carbons (Fsp3) is 0.882. The third kappa shape index (κ3) is 2.72. The standard InChI is InChI=1S/C17H27N5O2/c1-17(16-19-21-22-20-16,12-7-3-2-4-8-12)18-15(23)14-13-9-5-6-11(13)10-24-14/h11-14H,2-10H2,1H3,(H,18,23)(H,19,20,21,22)/t11-,13-,14+,17?/m0/s1. The smallest absolute Gasteiger partial charge is 0.250 e. The molecule has 132 valence electrons. The van der Waals surface area contributed by atoms with Gasteiger partial charge in [0, 0.05) is 0 Å². The maximum Gasteiger partial charge on any atom is 0.250 e. The van der Waals surface area contributed by atoms with Gasteiger partial charge in [0.25, 0.3) is 0 Å². The monoisotopic (exact) mass is 333 g/mol. The molecule has 1 aliphatic heterocycles. The fourth-order valence-electron chi connectivity index (χ4n) is 5.02. The molecular formula is C17H27N5O2. The van der Waals surface area contributed by atoms with Crippen LogP contribution in [-0.2, 0) is 15.1 Å². The SMILES string of the molecule is CC(NC(=O)[C@@H]1OC[C@@H]2CCC[C@@H]21)(c1nn[nH]n1)C1CCCCC1. The van der Waals surface area contributed by atoms with E-state index < -0.39 is 5.54 Å². The first-order valence-corrected chi connectivity index (χ1v) is 9.36. The second-order valence-electron chi connectivity index (χ2n) is 7.87. The maximum absolute atomic E-state index is 13.0. The number of carbonyl (C=O) groups excluding carboxylic acids is 1. The van der Waals surface area contributed by atoms with Crippen LogP contribution in [0.5, 0.6) is 0 Å². The highest BCUT2D eigenvalue weighted by Crippen LogP contribution is 2.42. The van der Waals surface area contributed by atoms with Gasteiger partial charge in [-0.05, 0) is 50.4 Å². The van der Waals surface area contributed by atoms with Gasteiger partial charge >= 0.3 is 0 Å². The molecule has 2 aliphatic carbocycles. The molecule has 3 aliphatic rings. The molecule has 7 nitrogen and oxygen atoms in total. The Morgan fingerprint density at radius 1 is 1.21 bits per heavy atom. The Balaban J connectivity index is 1.54. The van der Waals surface area contributed by atoms with E-state index in [1.165, 1.54) is 32.1 Å². The van der Waals surface area contributed by atoms with Crippen molar-refractivity contribution in [2.45, 2.75) is 69.9 Å². The van der Waals surface area contributed by atoms with E-state index in [4.69, 9.17) is 4.74 Å². The number of aromatic amines is 1. The first kappa shape index (κ1) is 16.0. The Hall–Kier alpha value is -1.50. The Morgan fingerprint density at radius 2 is 2.04 bits per heavy atom. The van der Waals surface area contributed by atoms with Crippen LogP contribution in [0.2, 0.25) is 0 Å². The molecule has 2 saturated carbocycles. The Labute approximate surface area is 142 Å². The molecule has 0 aromatic carbocycles. The van der Waals surface area contributed by atoms with Gasteiger partial charge in [-0.3, -0.25) is 4.79 Å². The van der Waals surface area contributed by atoms with E-state index in [2.05, 4.69) is 25.9 Å². The molecule has 24 heavy (non-hydrogen) atoms. The fourth-order valence-corrected chi connectivity index (χ4v) is 5.02. The summed E-state index contributed by atoms with van der Waals surface area (Å²) in [6.07, 6.45) is 9.02. The summed E-state index contributed by atoms with van der Waals surface area (Å²) in [7, 11) is 0. The number of nitrogens with one attached hydrogen (secondary N) is 2. The van der Waals surface area contributed by atoms with Gasteiger partial charge in [-0.2, -0.15) is 5.21 Å². The molecule has 7 heteroatoms. The summed E-state index contributed by atoms with van der Waals surface area (Å²) in [5.74, 6) is 1.87. The van der Waals surface area contributed by atoms with Crippen LogP contribution >= 0.6 is 0 Å². The molecule has 0 bridgehead atoms. The predicted octanol–water partition coefficient (Wildman–Crippen LogP) is 1.93. The molecule has 4 atom stereocenters. The molecule has 1 saturated heterocycles. The van der Waals surface area contributed by atoms with Crippen molar-refractivity contribution in [1.82, 2.24) is 25.9 Å². The van der Waals surface area contributed by atoms with Gasteiger partial charge in [0.05, 0.1) is 6.61 Å². The van der Waals surface area contributed by atoms with Gasteiger partial charge in [0.15, 0.2) is 5.82 Å². The predicted molar refractivity (Wildman–Crippen MR) is 86.8 cm³/mol. The van der Waals surface area contributed by atoms with Crippen molar-refractivity contribution < 1.29 is 9.53 Å². The molecule has 2 heterocycles. The van der Waals surface area contributed by atoms with Crippen LogP contribution in [0.15, 0.2) is 0 Å². The van der Waals surface area contributed by atoms with E-state index >= 15 is 0 Å². The average molecular weight is 333 g/mol. The van der Waals surface area contributed by atoms with Crippen molar-refractivity contribution >= 4 is 5.91 Å². The van der Waals surface area contributed by atoms with Gasteiger partial charge in [0.2, 0.25) is 5.91 Å². The van der Waals surface area contributed by atoms with Gasteiger partial charge < -0.3 is 10.1 Å². The zero-order chi connectivity index (χ0) is 16.6. The van der Waals surface area contributed by atoms with E-state index in [1.807, 2.05) is 6.92 Å². The van der Waals surface area contributed by atoms with Crippen LogP contribution in [0.4, 0.5) is 0 Å².